The van der Waals surface area contributed by atoms with Crippen LogP contribution in [0.1, 0.15) is 35.7 Å². The van der Waals surface area contributed by atoms with Crippen LogP contribution in [0.5, 0.6) is 5.75 Å². The van der Waals surface area contributed by atoms with Crippen molar-refractivity contribution in [2.24, 2.45) is 0 Å². The van der Waals surface area contributed by atoms with Gasteiger partial charge in [-0.2, -0.15) is 0 Å². The van der Waals surface area contributed by atoms with Crippen LogP contribution in [0.15, 0.2) is 54.6 Å². The molecule has 4 rings (SSSR count). The normalized spacial score (nSPS) is 15.1. The van der Waals surface area contributed by atoms with E-state index in [1.807, 2.05) is 37.3 Å². The van der Waals surface area contributed by atoms with Gasteiger partial charge in [0.05, 0.1) is 12.3 Å². The van der Waals surface area contributed by atoms with Gasteiger partial charge in [-0.3, -0.25) is 4.79 Å². The van der Waals surface area contributed by atoms with Gasteiger partial charge in [0.1, 0.15) is 23.1 Å². The van der Waals surface area contributed by atoms with E-state index in [1.54, 1.807) is 13.0 Å². The Kier molecular flexibility index (Phi) is 5.16. The van der Waals surface area contributed by atoms with Gasteiger partial charge in [-0.05, 0) is 51.0 Å². The molecular formula is C23H24N4O2. The molecular weight excluding hydrogens is 364 g/mol. The second kappa shape index (κ2) is 7.91. The standard InChI is InChI=1S/C23H24N4O2/c1-4-29-21-12-8-6-10-18(21)26-23(28)19-14-22(25-16(3)24-19)27-15(2)13-17-9-5-7-11-20(17)27/h5-12,14-15H,4,13H2,1-3H3,(H,26,28). The zero-order chi connectivity index (χ0) is 20.4. The number of aromatic nitrogens is 2. The highest BCUT2D eigenvalue weighted by Crippen LogP contribution is 2.37. The highest BCUT2D eigenvalue weighted by molar-refractivity contribution is 6.04. The van der Waals surface area contributed by atoms with Gasteiger partial charge in [0, 0.05) is 17.8 Å². The lowest BCUT2D eigenvalue weighted by molar-refractivity contribution is 0.102. The van der Waals surface area contributed by atoms with E-state index in [0.717, 1.165) is 17.9 Å². The Balaban J connectivity index is 1.65. The molecule has 2 aromatic carbocycles. The van der Waals surface area contributed by atoms with Gasteiger partial charge in [0.2, 0.25) is 0 Å². The molecule has 3 aromatic rings. The summed E-state index contributed by atoms with van der Waals surface area (Å²) in [6.07, 6.45) is 0.947. The van der Waals surface area contributed by atoms with Crippen molar-refractivity contribution in [3.05, 3.63) is 71.7 Å². The zero-order valence-electron chi connectivity index (χ0n) is 16.8. The van der Waals surface area contributed by atoms with E-state index in [4.69, 9.17) is 4.74 Å². The average molecular weight is 388 g/mol. The predicted molar refractivity (Wildman–Crippen MR) is 114 cm³/mol. The fourth-order valence-corrected chi connectivity index (χ4v) is 3.74. The van der Waals surface area contributed by atoms with E-state index >= 15 is 0 Å². The minimum atomic E-state index is -0.288. The monoisotopic (exact) mass is 388 g/mol. The van der Waals surface area contributed by atoms with Crippen molar-refractivity contribution >= 4 is 23.1 Å². The lowest BCUT2D eigenvalue weighted by atomic mass is 10.1. The highest BCUT2D eigenvalue weighted by Gasteiger charge is 2.28. The summed E-state index contributed by atoms with van der Waals surface area (Å²) in [5.74, 6) is 1.64. The summed E-state index contributed by atoms with van der Waals surface area (Å²) in [4.78, 5) is 24.1. The predicted octanol–water partition coefficient (Wildman–Crippen LogP) is 4.52. The summed E-state index contributed by atoms with van der Waals surface area (Å²) in [6, 6.07) is 17.7. The SMILES string of the molecule is CCOc1ccccc1NC(=O)c1cc(N2c3ccccc3CC2C)nc(C)n1. The van der Waals surface area contributed by atoms with Crippen LogP contribution < -0.4 is 15.0 Å². The van der Waals surface area contributed by atoms with E-state index in [1.165, 1.54) is 5.56 Å². The molecule has 6 heteroatoms. The second-order valence-electron chi connectivity index (χ2n) is 7.09. The largest absolute Gasteiger partial charge is 0.492 e. The molecule has 0 saturated carbocycles. The minimum Gasteiger partial charge on any atom is -0.492 e. The number of amides is 1. The van der Waals surface area contributed by atoms with Gasteiger partial charge in [0.15, 0.2) is 0 Å². The topological polar surface area (TPSA) is 67.3 Å². The molecule has 0 spiro atoms. The molecule has 1 aromatic heterocycles. The zero-order valence-corrected chi connectivity index (χ0v) is 16.8. The van der Waals surface area contributed by atoms with Gasteiger partial charge in [-0.15, -0.1) is 0 Å². The number of nitrogens with zero attached hydrogens (tertiary/aromatic N) is 3. The van der Waals surface area contributed by atoms with Crippen molar-refractivity contribution in [3.63, 3.8) is 0 Å². The molecule has 2 heterocycles. The maximum Gasteiger partial charge on any atom is 0.274 e. The van der Waals surface area contributed by atoms with Crippen molar-refractivity contribution in [2.75, 3.05) is 16.8 Å². The van der Waals surface area contributed by atoms with Gasteiger partial charge in [0.25, 0.3) is 5.91 Å². The number of nitrogens with one attached hydrogen (secondary N) is 1. The minimum absolute atomic E-state index is 0.260. The molecule has 0 saturated heterocycles. The summed E-state index contributed by atoms with van der Waals surface area (Å²) in [5.41, 5.74) is 3.37. The molecule has 1 aliphatic heterocycles. The molecule has 0 bridgehead atoms. The highest BCUT2D eigenvalue weighted by atomic mass is 16.5. The third kappa shape index (κ3) is 3.78. The van der Waals surface area contributed by atoms with Crippen LogP contribution in [0.4, 0.5) is 17.2 Å². The summed E-state index contributed by atoms with van der Waals surface area (Å²) in [6.45, 7) is 6.40. The Morgan fingerprint density at radius 2 is 1.93 bits per heavy atom. The number of carbonyl (C=O) groups is 1. The Labute approximate surface area is 170 Å². The maximum absolute atomic E-state index is 12.9. The van der Waals surface area contributed by atoms with E-state index < -0.39 is 0 Å². The lowest BCUT2D eigenvalue weighted by Crippen LogP contribution is -2.26. The van der Waals surface area contributed by atoms with Gasteiger partial charge < -0.3 is 15.0 Å². The number of carbonyl (C=O) groups excluding carboxylic acids is 1. The van der Waals surface area contributed by atoms with E-state index in [9.17, 15) is 4.79 Å². The van der Waals surface area contributed by atoms with Crippen molar-refractivity contribution in [1.29, 1.82) is 0 Å². The summed E-state index contributed by atoms with van der Waals surface area (Å²) >= 11 is 0. The van der Waals surface area contributed by atoms with Crippen molar-refractivity contribution < 1.29 is 9.53 Å². The molecule has 29 heavy (non-hydrogen) atoms. The quantitative estimate of drug-likeness (QED) is 0.696. The molecule has 1 unspecified atom stereocenters. The summed E-state index contributed by atoms with van der Waals surface area (Å²) in [7, 11) is 0. The number of rotatable bonds is 5. The molecule has 1 amide bonds. The first-order valence-corrected chi connectivity index (χ1v) is 9.83. The van der Waals surface area contributed by atoms with Crippen molar-refractivity contribution in [2.45, 2.75) is 33.2 Å². The number of benzene rings is 2. The van der Waals surface area contributed by atoms with Gasteiger partial charge in [-0.1, -0.05) is 30.3 Å². The smallest absolute Gasteiger partial charge is 0.274 e. The molecule has 0 fully saturated rings. The number of fused-ring (bicyclic) bond motifs is 1. The first-order valence-electron chi connectivity index (χ1n) is 9.83. The van der Waals surface area contributed by atoms with Crippen LogP contribution in [0.2, 0.25) is 0 Å². The summed E-state index contributed by atoms with van der Waals surface area (Å²) < 4.78 is 5.60. The number of para-hydroxylation sites is 3. The third-order valence-corrected chi connectivity index (χ3v) is 4.95. The average Bonchev–Trinajstić information content (AvgIpc) is 3.05. The van der Waals surface area contributed by atoms with E-state index in [0.29, 0.717) is 29.6 Å². The number of ether oxygens (including phenoxy) is 1. The lowest BCUT2D eigenvalue weighted by Gasteiger charge is -2.24. The second-order valence-corrected chi connectivity index (χ2v) is 7.09. The van der Waals surface area contributed by atoms with Crippen LogP contribution in [0, 0.1) is 6.92 Å². The number of hydrogen-bond acceptors (Lipinski definition) is 5. The fourth-order valence-electron chi connectivity index (χ4n) is 3.74. The van der Waals surface area contributed by atoms with Crippen molar-refractivity contribution in [1.82, 2.24) is 9.97 Å². The molecule has 0 radical (unpaired) electrons. The molecule has 1 aliphatic rings. The Hall–Kier alpha value is -3.41. The van der Waals surface area contributed by atoms with E-state index in [-0.39, 0.29) is 11.9 Å². The van der Waals surface area contributed by atoms with Crippen LogP contribution in [-0.2, 0) is 6.42 Å². The Morgan fingerprint density at radius 1 is 1.17 bits per heavy atom. The Morgan fingerprint density at radius 3 is 2.76 bits per heavy atom. The van der Waals surface area contributed by atoms with Crippen LogP contribution >= 0.6 is 0 Å². The summed E-state index contributed by atoms with van der Waals surface area (Å²) in [5, 5.41) is 2.91. The number of aryl methyl sites for hydroxylation is 1. The maximum atomic E-state index is 12.9. The Bertz CT molecular complexity index is 1050. The van der Waals surface area contributed by atoms with E-state index in [2.05, 4.69) is 45.3 Å². The van der Waals surface area contributed by atoms with Gasteiger partial charge in [-0.25, -0.2) is 9.97 Å². The molecule has 6 nitrogen and oxygen atoms in total. The molecule has 1 atom stereocenters. The molecule has 0 aliphatic carbocycles. The third-order valence-electron chi connectivity index (χ3n) is 4.95. The number of hydrogen-bond donors (Lipinski definition) is 1. The van der Waals surface area contributed by atoms with Crippen LogP contribution in [0.25, 0.3) is 0 Å². The molecule has 148 valence electrons. The van der Waals surface area contributed by atoms with Crippen LogP contribution in [-0.4, -0.2) is 28.5 Å². The number of anilines is 3. The first-order chi connectivity index (χ1) is 14.1. The first kappa shape index (κ1) is 18.9. The van der Waals surface area contributed by atoms with Crippen molar-refractivity contribution in [3.8, 4) is 5.75 Å². The van der Waals surface area contributed by atoms with Crippen LogP contribution in [0.3, 0.4) is 0 Å². The molecule has 1 N–H and O–H groups in total. The fraction of sp³-hybridized carbons (Fsp3) is 0.261. The van der Waals surface area contributed by atoms with Gasteiger partial charge >= 0.3 is 0 Å².